The number of benzene rings is 1. The number of hydrogen-bond acceptors (Lipinski definition) is 6. The fourth-order valence-corrected chi connectivity index (χ4v) is 3.35. The van der Waals surface area contributed by atoms with Gasteiger partial charge in [-0.2, -0.15) is 0 Å². The molecular weight excluding hydrogens is 348 g/mol. The SMILES string of the molecule is CC(C)(CN)Nc1nccc(C2CCc3cnc(-c4ccccc4)cc3N2)n1. The van der Waals surface area contributed by atoms with Crippen LogP contribution in [0.5, 0.6) is 0 Å². The molecule has 1 unspecified atom stereocenters. The molecule has 6 nitrogen and oxygen atoms in total. The zero-order chi connectivity index (χ0) is 19.6. The van der Waals surface area contributed by atoms with Crippen molar-refractivity contribution in [2.24, 2.45) is 5.73 Å². The van der Waals surface area contributed by atoms with Gasteiger partial charge in [0, 0.05) is 35.7 Å². The lowest BCUT2D eigenvalue weighted by Crippen LogP contribution is -2.39. The largest absolute Gasteiger partial charge is 0.376 e. The van der Waals surface area contributed by atoms with Crippen LogP contribution < -0.4 is 16.4 Å². The first-order valence-corrected chi connectivity index (χ1v) is 9.66. The van der Waals surface area contributed by atoms with Gasteiger partial charge in [-0.15, -0.1) is 0 Å². The van der Waals surface area contributed by atoms with Crippen LogP contribution in [0.1, 0.15) is 37.6 Å². The minimum Gasteiger partial charge on any atom is -0.376 e. The topological polar surface area (TPSA) is 88.8 Å². The van der Waals surface area contributed by atoms with Crippen molar-refractivity contribution in [2.75, 3.05) is 17.2 Å². The van der Waals surface area contributed by atoms with Gasteiger partial charge in [0.05, 0.1) is 17.4 Å². The zero-order valence-corrected chi connectivity index (χ0v) is 16.3. The van der Waals surface area contributed by atoms with E-state index in [-0.39, 0.29) is 11.6 Å². The van der Waals surface area contributed by atoms with Gasteiger partial charge in [0.15, 0.2) is 0 Å². The molecule has 0 saturated carbocycles. The van der Waals surface area contributed by atoms with Crippen LogP contribution in [0.15, 0.2) is 54.9 Å². The third-order valence-corrected chi connectivity index (χ3v) is 5.08. The molecule has 0 amide bonds. The average Bonchev–Trinajstić information content (AvgIpc) is 2.73. The molecule has 0 aliphatic carbocycles. The summed E-state index contributed by atoms with van der Waals surface area (Å²) in [5.74, 6) is 0.611. The van der Waals surface area contributed by atoms with Crippen LogP contribution in [0.2, 0.25) is 0 Å². The molecule has 144 valence electrons. The molecule has 0 bridgehead atoms. The molecule has 6 heteroatoms. The van der Waals surface area contributed by atoms with Crippen molar-refractivity contribution in [3.63, 3.8) is 0 Å². The van der Waals surface area contributed by atoms with Crippen molar-refractivity contribution in [3.8, 4) is 11.3 Å². The number of rotatable bonds is 5. The maximum atomic E-state index is 5.81. The van der Waals surface area contributed by atoms with E-state index in [0.717, 1.165) is 35.5 Å². The van der Waals surface area contributed by atoms with E-state index < -0.39 is 0 Å². The van der Waals surface area contributed by atoms with Gasteiger partial charge in [0.2, 0.25) is 5.95 Å². The normalized spacial score (nSPS) is 16.2. The van der Waals surface area contributed by atoms with Crippen molar-refractivity contribution in [3.05, 3.63) is 66.1 Å². The third-order valence-electron chi connectivity index (χ3n) is 5.08. The molecule has 1 aliphatic rings. The second-order valence-electron chi connectivity index (χ2n) is 7.85. The first-order valence-electron chi connectivity index (χ1n) is 9.66. The minimum atomic E-state index is -0.249. The number of pyridine rings is 1. The Balaban J connectivity index is 1.57. The molecule has 2 aromatic heterocycles. The van der Waals surface area contributed by atoms with Crippen LogP contribution in [0.3, 0.4) is 0 Å². The van der Waals surface area contributed by atoms with E-state index in [4.69, 9.17) is 10.7 Å². The number of anilines is 2. The van der Waals surface area contributed by atoms with Gasteiger partial charge in [-0.05, 0) is 44.4 Å². The minimum absolute atomic E-state index is 0.142. The van der Waals surface area contributed by atoms with E-state index in [1.165, 1.54) is 5.56 Å². The molecule has 0 fully saturated rings. The second-order valence-corrected chi connectivity index (χ2v) is 7.85. The van der Waals surface area contributed by atoms with Gasteiger partial charge in [0.1, 0.15) is 0 Å². The van der Waals surface area contributed by atoms with Crippen molar-refractivity contribution in [2.45, 2.75) is 38.3 Å². The maximum absolute atomic E-state index is 5.81. The Morgan fingerprint density at radius 1 is 1.18 bits per heavy atom. The Morgan fingerprint density at radius 3 is 2.79 bits per heavy atom. The van der Waals surface area contributed by atoms with Gasteiger partial charge in [-0.25, -0.2) is 9.97 Å². The van der Waals surface area contributed by atoms with Crippen molar-refractivity contribution < 1.29 is 0 Å². The van der Waals surface area contributed by atoms with Crippen LogP contribution in [-0.2, 0) is 6.42 Å². The van der Waals surface area contributed by atoms with Gasteiger partial charge in [-0.3, -0.25) is 4.98 Å². The number of nitrogens with one attached hydrogen (secondary N) is 2. The first-order chi connectivity index (χ1) is 13.5. The highest BCUT2D eigenvalue weighted by molar-refractivity contribution is 5.67. The predicted octanol–water partition coefficient (Wildman–Crippen LogP) is 3.79. The highest BCUT2D eigenvalue weighted by atomic mass is 15.1. The average molecular weight is 374 g/mol. The Morgan fingerprint density at radius 2 is 2.00 bits per heavy atom. The van der Waals surface area contributed by atoms with Crippen molar-refractivity contribution >= 4 is 11.6 Å². The number of nitrogens with zero attached hydrogens (tertiary/aromatic N) is 3. The number of aromatic nitrogens is 3. The number of aryl methyl sites for hydroxylation is 1. The fourth-order valence-electron chi connectivity index (χ4n) is 3.35. The maximum Gasteiger partial charge on any atom is 0.223 e. The van der Waals surface area contributed by atoms with Gasteiger partial charge < -0.3 is 16.4 Å². The summed E-state index contributed by atoms with van der Waals surface area (Å²) in [6.07, 6.45) is 5.72. The molecule has 4 rings (SSSR count). The highest BCUT2D eigenvalue weighted by Crippen LogP contribution is 2.33. The smallest absolute Gasteiger partial charge is 0.223 e. The standard InChI is InChI=1S/C22H26N6/c1-22(2,14-23)28-21-24-11-10-18(27-21)17-9-8-16-13-25-19(12-20(16)26-17)15-6-4-3-5-7-15/h3-7,10-13,17,26H,8-9,14,23H2,1-2H3,(H,24,27,28). The molecule has 1 aliphatic heterocycles. The molecule has 28 heavy (non-hydrogen) atoms. The lowest BCUT2D eigenvalue weighted by molar-refractivity contribution is 0.571. The summed E-state index contributed by atoms with van der Waals surface area (Å²) in [5, 5.41) is 6.96. The van der Waals surface area contributed by atoms with E-state index >= 15 is 0 Å². The molecule has 3 heterocycles. The van der Waals surface area contributed by atoms with Crippen molar-refractivity contribution in [1.82, 2.24) is 15.0 Å². The summed E-state index contributed by atoms with van der Waals surface area (Å²) in [6, 6.07) is 14.5. The molecule has 0 radical (unpaired) electrons. The summed E-state index contributed by atoms with van der Waals surface area (Å²) in [6.45, 7) is 4.58. The summed E-state index contributed by atoms with van der Waals surface area (Å²) in [5.41, 5.74) is 11.0. The monoisotopic (exact) mass is 374 g/mol. The van der Waals surface area contributed by atoms with E-state index in [1.807, 2.05) is 44.3 Å². The molecule has 0 spiro atoms. The van der Waals surface area contributed by atoms with E-state index in [0.29, 0.717) is 12.5 Å². The molecule has 1 aromatic carbocycles. The Bertz CT molecular complexity index is 954. The Labute approximate surface area is 165 Å². The number of fused-ring (bicyclic) bond motifs is 1. The lowest BCUT2D eigenvalue weighted by Gasteiger charge is -2.28. The van der Waals surface area contributed by atoms with Crippen molar-refractivity contribution in [1.29, 1.82) is 0 Å². The van der Waals surface area contributed by atoms with Gasteiger partial charge in [0.25, 0.3) is 0 Å². The zero-order valence-electron chi connectivity index (χ0n) is 16.3. The molecule has 4 N–H and O–H groups in total. The molecular formula is C22H26N6. The quantitative estimate of drug-likeness (QED) is 0.630. The highest BCUT2D eigenvalue weighted by Gasteiger charge is 2.23. The summed E-state index contributed by atoms with van der Waals surface area (Å²) < 4.78 is 0. The Hall–Kier alpha value is -2.99. The number of nitrogens with two attached hydrogens (primary N) is 1. The second kappa shape index (κ2) is 7.56. The van der Waals surface area contributed by atoms with Crippen LogP contribution in [0.25, 0.3) is 11.3 Å². The van der Waals surface area contributed by atoms with Gasteiger partial charge >= 0.3 is 0 Å². The Kier molecular flexibility index (Phi) is 4.96. The van der Waals surface area contributed by atoms with Crippen LogP contribution >= 0.6 is 0 Å². The van der Waals surface area contributed by atoms with Crippen LogP contribution in [0, 0.1) is 0 Å². The van der Waals surface area contributed by atoms with E-state index in [2.05, 4.69) is 38.8 Å². The molecule has 0 saturated heterocycles. The molecule has 3 aromatic rings. The first kappa shape index (κ1) is 18.4. The summed E-state index contributed by atoms with van der Waals surface area (Å²) in [7, 11) is 0. The van der Waals surface area contributed by atoms with Gasteiger partial charge in [-0.1, -0.05) is 30.3 Å². The summed E-state index contributed by atoms with van der Waals surface area (Å²) >= 11 is 0. The van der Waals surface area contributed by atoms with Crippen LogP contribution in [0.4, 0.5) is 11.6 Å². The summed E-state index contributed by atoms with van der Waals surface area (Å²) in [4.78, 5) is 13.7. The van der Waals surface area contributed by atoms with Crippen LogP contribution in [-0.4, -0.2) is 27.0 Å². The predicted molar refractivity (Wildman–Crippen MR) is 113 cm³/mol. The third kappa shape index (κ3) is 3.97. The van der Waals surface area contributed by atoms with E-state index in [1.54, 1.807) is 6.20 Å². The number of hydrogen-bond donors (Lipinski definition) is 3. The van der Waals surface area contributed by atoms with E-state index in [9.17, 15) is 0 Å². The fraction of sp³-hybridized carbons (Fsp3) is 0.318. The lowest BCUT2D eigenvalue weighted by atomic mass is 9.96. The molecule has 1 atom stereocenters.